The molecule has 1 nitrogen and oxygen atoms in total. The lowest BCUT2D eigenvalue weighted by atomic mass is 10.1. The second kappa shape index (κ2) is 3.94. The first-order valence-corrected chi connectivity index (χ1v) is 4.61. The van der Waals surface area contributed by atoms with Gasteiger partial charge in [0.2, 0.25) is 0 Å². The number of rotatable bonds is 3. The van der Waals surface area contributed by atoms with E-state index in [4.69, 9.17) is 0 Å². The predicted molar refractivity (Wildman–Crippen MR) is 44.3 cm³/mol. The Morgan fingerprint density at radius 3 is 3.22 bits per heavy atom. The van der Waals surface area contributed by atoms with Gasteiger partial charge in [-0.2, -0.15) is 0 Å². The second-order valence-electron chi connectivity index (χ2n) is 2.38. The quantitative estimate of drug-likeness (QED) is 0.590. The predicted octanol–water partition coefficient (Wildman–Crippen LogP) is 2.32. The molecule has 0 fully saturated rings. The molecule has 1 rings (SSSR count). The van der Waals surface area contributed by atoms with Crippen LogP contribution in [0.25, 0.3) is 0 Å². The summed E-state index contributed by atoms with van der Waals surface area (Å²) in [4.78, 5) is 4.31. The van der Waals surface area contributed by atoms with Gasteiger partial charge in [0.05, 0.1) is 11.6 Å². The molecule has 0 aromatic rings. The summed E-state index contributed by atoms with van der Waals surface area (Å²) in [6.45, 7) is 2.23. The van der Waals surface area contributed by atoms with Crippen molar-refractivity contribution in [2.75, 3.05) is 5.75 Å². The maximum Gasteiger partial charge on any atom is 0.0600 e. The van der Waals surface area contributed by atoms with Crippen LogP contribution in [0.15, 0.2) is 4.99 Å². The van der Waals surface area contributed by atoms with E-state index in [1.165, 1.54) is 25.0 Å². The van der Waals surface area contributed by atoms with Crippen LogP contribution in [0.5, 0.6) is 0 Å². The fourth-order valence-electron chi connectivity index (χ4n) is 0.924. The van der Waals surface area contributed by atoms with Crippen molar-refractivity contribution in [3.05, 3.63) is 0 Å². The number of thioether (sulfide) groups is 1. The number of nitrogens with zero attached hydrogens (tertiary/aromatic N) is 1. The standard InChI is InChI=1S/C7H13NS/c1-2-3-4-7-5-9-6-8-7/h6-7H,2-5H2,1H3/t7-/m1/s1. The molecule has 0 aromatic heterocycles. The first kappa shape index (κ1) is 7.13. The van der Waals surface area contributed by atoms with E-state index in [2.05, 4.69) is 11.9 Å². The summed E-state index contributed by atoms with van der Waals surface area (Å²) in [5.74, 6) is 1.22. The average molecular weight is 143 g/mol. The summed E-state index contributed by atoms with van der Waals surface area (Å²) in [5.41, 5.74) is 1.99. The van der Waals surface area contributed by atoms with Crippen LogP contribution in [0, 0.1) is 0 Å². The fraction of sp³-hybridized carbons (Fsp3) is 0.857. The smallest absolute Gasteiger partial charge is 0.0600 e. The molecule has 0 aliphatic carbocycles. The van der Waals surface area contributed by atoms with Gasteiger partial charge in [-0.3, -0.25) is 4.99 Å². The van der Waals surface area contributed by atoms with Crippen molar-refractivity contribution >= 4 is 17.3 Å². The Balaban J connectivity index is 2.05. The summed E-state index contributed by atoms with van der Waals surface area (Å²) < 4.78 is 0. The highest BCUT2D eigenvalue weighted by molar-refractivity contribution is 8.12. The van der Waals surface area contributed by atoms with Crippen LogP contribution < -0.4 is 0 Å². The molecule has 0 radical (unpaired) electrons. The number of unbranched alkanes of at least 4 members (excludes halogenated alkanes) is 1. The Morgan fingerprint density at radius 2 is 2.67 bits per heavy atom. The SMILES string of the molecule is CCCC[C@@H]1CSC=N1. The van der Waals surface area contributed by atoms with Crippen LogP contribution in [0.3, 0.4) is 0 Å². The van der Waals surface area contributed by atoms with E-state index in [0.717, 1.165) is 0 Å². The van der Waals surface area contributed by atoms with Gasteiger partial charge in [-0.25, -0.2) is 0 Å². The third-order valence-electron chi connectivity index (χ3n) is 1.53. The first-order valence-electron chi connectivity index (χ1n) is 3.56. The highest BCUT2D eigenvalue weighted by atomic mass is 32.2. The summed E-state index contributed by atoms with van der Waals surface area (Å²) >= 11 is 1.84. The third-order valence-corrected chi connectivity index (χ3v) is 2.37. The number of aliphatic imine (C=N–C) groups is 1. The highest BCUT2D eigenvalue weighted by Gasteiger charge is 2.08. The van der Waals surface area contributed by atoms with Gasteiger partial charge >= 0.3 is 0 Å². The maximum atomic E-state index is 4.31. The van der Waals surface area contributed by atoms with Crippen molar-refractivity contribution in [2.24, 2.45) is 4.99 Å². The molecule has 9 heavy (non-hydrogen) atoms. The van der Waals surface area contributed by atoms with Crippen LogP contribution in [-0.2, 0) is 0 Å². The van der Waals surface area contributed by atoms with E-state index in [1.54, 1.807) is 0 Å². The van der Waals surface area contributed by atoms with Gasteiger partial charge in [0.25, 0.3) is 0 Å². The largest absolute Gasteiger partial charge is 0.282 e. The van der Waals surface area contributed by atoms with E-state index in [-0.39, 0.29) is 0 Å². The minimum absolute atomic E-state index is 0.648. The molecular weight excluding hydrogens is 130 g/mol. The average Bonchev–Trinajstić information content (AvgIpc) is 2.34. The molecule has 0 bridgehead atoms. The highest BCUT2D eigenvalue weighted by Crippen LogP contribution is 2.15. The van der Waals surface area contributed by atoms with Crippen LogP contribution in [0.1, 0.15) is 26.2 Å². The van der Waals surface area contributed by atoms with Crippen molar-refractivity contribution < 1.29 is 0 Å². The fourth-order valence-corrected chi connectivity index (χ4v) is 1.74. The third kappa shape index (κ3) is 2.39. The van der Waals surface area contributed by atoms with E-state index >= 15 is 0 Å². The minimum Gasteiger partial charge on any atom is -0.282 e. The molecular formula is C7H13NS. The molecule has 2 heteroatoms. The molecule has 0 saturated carbocycles. The van der Waals surface area contributed by atoms with Crippen LogP contribution >= 0.6 is 11.8 Å². The van der Waals surface area contributed by atoms with E-state index in [0.29, 0.717) is 6.04 Å². The molecule has 0 spiro atoms. The van der Waals surface area contributed by atoms with Crippen molar-refractivity contribution in [2.45, 2.75) is 32.2 Å². The normalized spacial score (nSPS) is 25.2. The zero-order valence-electron chi connectivity index (χ0n) is 5.84. The zero-order valence-corrected chi connectivity index (χ0v) is 6.66. The van der Waals surface area contributed by atoms with Crippen LogP contribution in [0.2, 0.25) is 0 Å². The Kier molecular flexibility index (Phi) is 3.12. The zero-order chi connectivity index (χ0) is 6.53. The molecule has 1 atom stereocenters. The molecule has 1 heterocycles. The van der Waals surface area contributed by atoms with Crippen molar-refractivity contribution in [3.8, 4) is 0 Å². The Morgan fingerprint density at radius 1 is 1.78 bits per heavy atom. The van der Waals surface area contributed by atoms with Gasteiger partial charge < -0.3 is 0 Å². The Hall–Kier alpha value is 0.0200. The summed E-state index contributed by atoms with van der Waals surface area (Å²) in [6.07, 6.45) is 3.93. The van der Waals surface area contributed by atoms with Crippen molar-refractivity contribution in [3.63, 3.8) is 0 Å². The van der Waals surface area contributed by atoms with Crippen LogP contribution in [0.4, 0.5) is 0 Å². The summed E-state index contributed by atoms with van der Waals surface area (Å²) in [6, 6.07) is 0.648. The lowest BCUT2D eigenvalue weighted by Gasteiger charge is -2.01. The Labute approximate surface area is 60.9 Å². The lowest BCUT2D eigenvalue weighted by molar-refractivity contribution is 0.631. The number of hydrogen-bond donors (Lipinski definition) is 0. The maximum absolute atomic E-state index is 4.31. The summed E-state index contributed by atoms with van der Waals surface area (Å²) in [5, 5.41) is 0. The topological polar surface area (TPSA) is 12.4 Å². The van der Waals surface area contributed by atoms with Gasteiger partial charge in [0.1, 0.15) is 0 Å². The van der Waals surface area contributed by atoms with E-state index in [9.17, 15) is 0 Å². The molecule has 1 aliphatic rings. The second-order valence-corrected chi connectivity index (χ2v) is 3.26. The lowest BCUT2D eigenvalue weighted by Crippen LogP contribution is -2.01. The minimum atomic E-state index is 0.648. The monoisotopic (exact) mass is 143 g/mol. The molecule has 1 aliphatic heterocycles. The van der Waals surface area contributed by atoms with E-state index in [1.807, 2.05) is 17.3 Å². The van der Waals surface area contributed by atoms with Crippen LogP contribution in [-0.4, -0.2) is 17.3 Å². The van der Waals surface area contributed by atoms with Gasteiger partial charge in [-0.1, -0.05) is 19.8 Å². The number of hydrogen-bond acceptors (Lipinski definition) is 2. The van der Waals surface area contributed by atoms with Gasteiger partial charge in [0, 0.05) is 5.75 Å². The van der Waals surface area contributed by atoms with Crippen molar-refractivity contribution in [1.29, 1.82) is 0 Å². The van der Waals surface area contributed by atoms with Gasteiger partial charge in [-0.05, 0) is 6.42 Å². The molecule has 0 N–H and O–H groups in total. The molecule has 0 unspecified atom stereocenters. The summed E-state index contributed by atoms with van der Waals surface area (Å²) in [7, 11) is 0. The van der Waals surface area contributed by atoms with Gasteiger partial charge in [-0.15, -0.1) is 11.8 Å². The molecule has 0 amide bonds. The molecule has 0 saturated heterocycles. The van der Waals surface area contributed by atoms with Crippen molar-refractivity contribution in [1.82, 2.24) is 0 Å². The van der Waals surface area contributed by atoms with E-state index < -0.39 is 0 Å². The molecule has 0 aromatic carbocycles. The molecule has 52 valence electrons. The van der Waals surface area contributed by atoms with Gasteiger partial charge in [0.15, 0.2) is 0 Å². The Bertz CT molecular complexity index is 101. The first-order chi connectivity index (χ1) is 4.43.